The molecule has 0 radical (unpaired) electrons. The van der Waals surface area contributed by atoms with Gasteiger partial charge in [0.1, 0.15) is 13.2 Å². The van der Waals surface area contributed by atoms with E-state index in [1.165, 1.54) is 4.90 Å². The lowest BCUT2D eigenvalue weighted by molar-refractivity contribution is -0.129. The van der Waals surface area contributed by atoms with Gasteiger partial charge in [-0.2, -0.15) is 0 Å². The second-order valence-corrected chi connectivity index (χ2v) is 7.19. The van der Waals surface area contributed by atoms with Gasteiger partial charge >= 0.3 is 12.2 Å². The zero-order valence-electron chi connectivity index (χ0n) is 15.6. The van der Waals surface area contributed by atoms with Gasteiger partial charge in [0.25, 0.3) is 0 Å². The molecule has 3 amide bonds. The highest BCUT2D eigenvalue weighted by Gasteiger charge is 2.32. The first-order valence-corrected chi connectivity index (χ1v) is 9.45. The number of nitrogens with zero attached hydrogens (tertiary/aromatic N) is 2. The lowest BCUT2D eigenvalue weighted by Crippen LogP contribution is -2.40. The molecule has 7 nitrogen and oxygen atoms in total. The molecule has 3 rings (SSSR count). The number of cyclic esters (lactones) is 1. The maximum absolute atomic E-state index is 12.3. The average molecular weight is 374 g/mol. The van der Waals surface area contributed by atoms with Gasteiger partial charge in [-0.1, -0.05) is 30.3 Å². The van der Waals surface area contributed by atoms with Crippen molar-refractivity contribution in [3.63, 3.8) is 0 Å². The first-order chi connectivity index (χ1) is 13.0. The molecule has 7 heteroatoms. The molecular formula is C20H26N2O5. The Kier molecular flexibility index (Phi) is 6.32. The molecule has 1 heterocycles. The van der Waals surface area contributed by atoms with E-state index in [1.54, 1.807) is 11.9 Å². The smallest absolute Gasteiger partial charge is 0.416 e. The van der Waals surface area contributed by atoms with Gasteiger partial charge in [-0.15, -0.1) is 0 Å². The second kappa shape index (κ2) is 8.88. The summed E-state index contributed by atoms with van der Waals surface area (Å²) in [6.45, 7) is 0.899. The minimum Gasteiger partial charge on any atom is -0.447 e. The Labute approximate surface area is 159 Å². The second-order valence-electron chi connectivity index (χ2n) is 7.19. The van der Waals surface area contributed by atoms with Crippen LogP contribution in [0.15, 0.2) is 30.3 Å². The van der Waals surface area contributed by atoms with Crippen molar-refractivity contribution in [1.82, 2.24) is 9.80 Å². The molecule has 0 unspecified atom stereocenters. The van der Waals surface area contributed by atoms with Crippen molar-refractivity contribution in [3.05, 3.63) is 35.9 Å². The van der Waals surface area contributed by atoms with Crippen LogP contribution >= 0.6 is 0 Å². The standard InChI is InChI=1S/C20H26N2O5/c1-21(19(24)27-14-16-5-3-2-4-6-16)17-9-7-15(8-10-17)13-18(23)22-11-12-26-20(22)25/h2-6,15,17H,7-14H2,1H3/t15-,17-. The van der Waals surface area contributed by atoms with Crippen LogP contribution in [-0.4, -0.2) is 54.1 Å². The van der Waals surface area contributed by atoms with Crippen molar-refractivity contribution in [3.8, 4) is 0 Å². The Bertz CT molecular complexity index is 670. The quantitative estimate of drug-likeness (QED) is 0.791. The van der Waals surface area contributed by atoms with Crippen LogP contribution in [0.25, 0.3) is 0 Å². The summed E-state index contributed by atoms with van der Waals surface area (Å²) >= 11 is 0. The van der Waals surface area contributed by atoms with Crippen LogP contribution in [0, 0.1) is 5.92 Å². The first-order valence-electron chi connectivity index (χ1n) is 9.45. The minimum absolute atomic E-state index is 0.122. The number of rotatable bonds is 5. The molecule has 2 aliphatic rings. The third kappa shape index (κ3) is 4.99. The Morgan fingerprint density at radius 1 is 1.19 bits per heavy atom. The molecule has 0 spiro atoms. The Morgan fingerprint density at radius 2 is 1.89 bits per heavy atom. The predicted octanol–water partition coefficient (Wildman–Crippen LogP) is 3.18. The highest BCUT2D eigenvalue weighted by atomic mass is 16.6. The van der Waals surface area contributed by atoms with Crippen molar-refractivity contribution in [2.75, 3.05) is 20.2 Å². The molecule has 1 aromatic rings. The lowest BCUT2D eigenvalue weighted by Gasteiger charge is -2.34. The average Bonchev–Trinajstić information content (AvgIpc) is 3.13. The van der Waals surface area contributed by atoms with Crippen molar-refractivity contribution in [2.24, 2.45) is 5.92 Å². The van der Waals surface area contributed by atoms with Crippen LogP contribution < -0.4 is 0 Å². The van der Waals surface area contributed by atoms with Crippen LogP contribution in [0.4, 0.5) is 9.59 Å². The maximum Gasteiger partial charge on any atom is 0.416 e. The summed E-state index contributed by atoms with van der Waals surface area (Å²) in [4.78, 5) is 38.8. The SMILES string of the molecule is CN(C(=O)OCc1ccccc1)[C@H]1CC[C@H](CC(=O)N2CCOC2=O)CC1. The van der Waals surface area contributed by atoms with E-state index < -0.39 is 6.09 Å². The van der Waals surface area contributed by atoms with Crippen LogP contribution in [0.2, 0.25) is 0 Å². The van der Waals surface area contributed by atoms with Crippen LogP contribution in [0.3, 0.4) is 0 Å². The number of hydrogen-bond acceptors (Lipinski definition) is 5. The van der Waals surface area contributed by atoms with Crippen LogP contribution in [0.5, 0.6) is 0 Å². The van der Waals surface area contributed by atoms with E-state index in [9.17, 15) is 14.4 Å². The first kappa shape index (κ1) is 19.2. The number of amides is 3. The zero-order valence-corrected chi connectivity index (χ0v) is 15.6. The summed E-state index contributed by atoms with van der Waals surface area (Å²) in [5.74, 6) is 0.0902. The van der Waals surface area contributed by atoms with Gasteiger partial charge in [0.15, 0.2) is 0 Å². The van der Waals surface area contributed by atoms with Gasteiger partial charge in [0.2, 0.25) is 5.91 Å². The van der Waals surface area contributed by atoms with Crippen molar-refractivity contribution in [1.29, 1.82) is 0 Å². The molecule has 146 valence electrons. The Morgan fingerprint density at radius 3 is 2.52 bits per heavy atom. The van der Waals surface area contributed by atoms with Crippen LogP contribution in [0.1, 0.15) is 37.7 Å². The summed E-state index contributed by atoms with van der Waals surface area (Å²) in [6, 6.07) is 9.72. The molecule has 2 fully saturated rings. The molecule has 0 N–H and O–H groups in total. The fourth-order valence-corrected chi connectivity index (χ4v) is 3.68. The Hall–Kier alpha value is -2.57. The summed E-state index contributed by atoms with van der Waals surface area (Å²) < 4.78 is 10.2. The minimum atomic E-state index is -0.533. The molecule has 27 heavy (non-hydrogen) atoms. The molecule has 1 aliphatic carbocycles. The van der Waals surface area contributed by atoms with Gasteiger partial charge in [-0.05, 0) is 37.2 Å². The van der Waals surface area contributed by atoms with E-state index in [0.29, 0.717) is 13.0 Å². The topological polar surface area (TPSA) is 76.2 Å². The van der Waals surface area contributed by atoms with E-state index in [4.69, 9.17) is 9.47 Å². The van der Waals surface area contributed by atoms with Crippen molar-refractivity contribution in [2.45, 2.75) is 44.8 Å². The zero-order chi connectivity index (χ0) is 19.2. The number of benzene rings is 1. The van der Waals surface area contributed by atoms with E-state index in [0.717, 1.165) is 31.2 Å². The molecule has 1 saturated carbocycles. The monoisotopic (exact) mass is 374 g/mol. The number of carbonyl (C=O) groups is 3. The van der Waals surface area contributed by atoms with E-state index in [1.807, 2.05) is 30.3 Å². The molecule has 1 aliphatic heterocycles. The van der Waals surface area contributed by atoms with E-state index in [-0.39, 0.29) is 37.2 Å². The van der Waals surface area contributed by atoms with Crippen LogP contribution in [-0.2, 0) is 20.9 Å². The molecule has 0 aromatic heterocycles. The third-order valence-electron chi connectivity index (χ3n) is 5.38. The van der Waals surface area contributed by atoms with Gasteiger partial charge in [0, 0.05) is 19.5 Å². The number of carbonyl (C=O) groups excluding carboxylic acids is 3. The maximum atomic E-state index is 12.3. The number of hydrogen-bond donors (Lipinski definition) is 0. The predicted molar refractivity (Wildman–Crippen MR) is 97.8 cm³/mol. The summed E-state index contributed by atoms with van der Waals surface area (Å²) in [5.41, 5.74) is 0.960. The molecule has 1 aromatic carbocycles. The fourth-order valence-electron chi connectivity index (χ4n) is 3.68. The van der Waals surface area contributed by atoms with Crippen molar-refractivity contribution >= 4 is 18.1 Å². The highest BCUT2D eigenvalue weighted by Crippen LogP contribution is 2.30. The normalized spacial score (nSPS) is 22.3. The van der Waals surface area contributed by atoms with Gasteiger partial charge in [0.05, 0.1) is 6.54 Å². The van der Waals surface area contributed by atoms with Gasteiger partial charge in [-0.25, -0.2) is 14.5 Å². The van der Waals surface area contributed by atoms with Gasteiger partial charge < -0.3 is 14.4 Å². The van der Waals surface area contributed by atoms with E-state index >= 15 is 0 Å². The molecule has 0 bridgehead atoms. The molecular weight excluding hydrogens is 348 g/mol. The number of imide groups is 1. The molecule has 0 atom stereocenters. The van der Waals surface area contributed by atoms with Crippen molar-refractivity contribution < 1.29 is 23.9 Å². The lowest BCUT2D eigenvalue weighted by atomic mass is 9.83. The third-order valence-corrected chi connectivity index (χ3v) is 5.38. The summed E-state index contributed by atoms with van der Waals surface area (Å²) in [6.07, 6.45) is 2.89. The highest BCUT2D eigenvalue weighted by molar-refractivity contribution is 5.93. The molecule has 1 saturated heterocycles. The summed E-state index contributed by atoms with van der Waals surface area (Å²) in [5, 5.41) is 0. The fraction of sp³-hybridized carbons (Fsp3) is 0.550. The summed E-state index contributed by atoms with van der Waals surface area (Å²) in [7, 11) is 1.77. The van der Waals surface area contributed by atoms with Gasteiger partial charge in [-0.3, -0.25) is 4.79 Å². The largest absolute Gasteiger partial charge is 0.447 e. The number of ether oxygens (including phenoxy) is 2. The Balaban J connectivity index is 1.40. The van der Waals surface area contributed by atoms with E-state index in [2.05, 4.69) is 0 Å².